The second-order valence-corrected chi connectivity index (χ2v) is 8.25. The molecule has 1 fully saturated rings. The molecule has 3 aromatic rings. The molecule has 178 valence electrons. The molecule has 13 heteroatoms. The highest BCUT2D eigenvalue weighted by atomic mass is 35.5. The van der Waals surface area contributed by atoms with E-state index >= 15 is 0 Å². The maximum atomic E-state index is 12.0. The summed E-state index contributed by atoms with van der Waals surface area (Å²) in [6.45, 7) is 2.99. The van der Waals surface area contributed by atoms with E-state index in [4.69, 9.17) is 27.9 Å². The van der Waals surface area contributed by atoms with Crippen LogP contribution in [0.1, 0.15) is 19.8 Å². The molecule has 2 aromatic heterocycles. The van der Waals surface area contributed by atoms with E-state index in [1.165, 1.54) is 12.7 Å². The number of rotatable bonds is 7. The molecule has 1 N–H and O–H groups in total. The number of nitrogens with zero attached hydrogens (tertiary/aromatic N) is 6. The molecule has 0 radical (unpaired) electrons. The van der Waals surface area contributed by atoms with E-state index in [9.17, 15) is 14.9 Å². The Bertz CT molecular complexity index is 1190. The quantitative estimate of drug-likeness (QED) is 0.282. The molecule has 0 unspecified atom stereocenters. The number of carbonyl (C=O) groups is 1. The van der Waals surface area contributed by atoms with Crippen LogP contribution in [0.2, 0.25) is 10.3 Å². The smallest absolute Gasteiger partial charge is 0.353 e. The van der Waals surface area contributed by atoms with Crippen LogP contribution >= 0.6 is 23.2 Å². The zero-order chi connectivity index (χ0) is 24.2. The van der Waals surface area contributed by atoms with Crippen LogP contribution in [0.3, 0.4) is 0 Å². The van der Waals surface area contributed by atoms with Gasteiger partial charge in [-0.2, -0.15) is 0 Å². The monoisotopic (exact) mass is 505 g/mol. The van der Waals surface area contributed by atoms with E-state index in [0.717, 1.165) is 5.69 Å². The molecule has 1 aliphatic heterocycles. The van der Waals surface area contributed by atoms with Gasteiger partial charge in [-0.3, -0.25) is 19.5 Å². The van der Waals surface area contributed by atoms with Crippen LogP contribution in [0.15, 0.2) is 36.9 Å². The van der Waals surface area contributed by atoms with Crippen LogP contribution < -0.4 is 10.2 Å². The van der Waals surface area contributed by atoms with Crippen molar-refractivity contribution >= 4 is 52.2 Å². The molecule has 1 aliphatic rings. The van der Waals surface area contributed by atoms with Gasteiger partial charge in [0.25, 0.3) is 0 Å². The molecule has 0 bridgehead atoms. The second-order valence-electron chi connectivity index (χ2n) is 7.53. The molecule has 4 rings (SSSR count). The van der Waals surface area contributed by atoms with Gasteiger partial charge in [0.1, 0.15) is 12.7 Å². The average molecular weight is 506 g/mol. The van der Waals surface area contributed by atoms with Gasteiger partial charge in [0, 0.05) is 24.5 Å². The van der Waals surface area contributed by atoms with Crippen molar-refractivity contribution in [1.29, 1.82) is 0 Å². The number of anilines is 3. The molecule has 11 nitrogen and oxygen atoms in total. The lowest BCUT2D eigenvalue weighted by Gasteiger charge is -2.31. The van der Waals surface area contributed by atoms with Gasteiger partial charge in [0.15, 0.2) is 10.3 Å². The number of aromatic nitrogens is 4. The highest BCUT2D eigenvalue weighted by molar-refractivity contribution is 6.40. The second kappa shape index (κ2) is 10.2. The molecule has 34 heavy (non-hydrogen) atoms. The Balaban J connectivity index is 1.53. The molecular formula is C21H21Cl2N7O4. The fourth-order valence-electron chi connectivity index (χ4n) is 3.78. The molecule has 1 aromatic carbocycles. The number of piperidine rings is 1. The van der Waals surface area contributed by atoms with E-state index < -0.39 is 4.92 Å². The zero-order valence-electron chi connectivity index (χ0n) is 18.1. The largest absolute Gasteiger partial charge is 0.466 e. The van der Waals surface area contributed by atoms with E-state index in [1.54, 1.807) is 40.7 Å². The summed E-state index contributed by atoms with van der Waals surface area (Å²) in [4.78, 5) is 37.5. The predicted octanol–water partition coefficient (Wildman–Crippen LogP) is 4.40. The van der Waals surface area contributed by atoms with Gasteiger partial charge < -0.3 is 15.0 Å². The average Bonchev–Trinajstić information content (AvgIpc) is 3.17. The summed E-state index contributed by atoms with van der Waals surface area (Å²) >= 11 is 12.0. The van der Waals surface area contributed by atoms with Crippen molar-refractivity contribution in [3.8, 4) is 5.69 Å². The first-order chi connectivity index (χ1) is 16.4. The van der Waals surface area contributed by atoms with Crippen LogP contribution in [0.4, 0.5) is 23.0 Å². The van der Waals surface area contributed by atoms with Gasteiger partial charge in [-0.15, -0.1) is 0 Å². The van der Waals surface area contributed by atoms with Crippen molar-refractivity contribution in [3.05, 3.63) is 57.3 Å². The van der Waals surface area contributed by atoms with Gasteiger partial charge in [-0.05, 0) is 44.0 Å². The topological polar surface area (TPSA) is 128 Å². The maximum absolute atomic E-state index is 12.0. The molecule has 0 saturated carbocycles. The summed E-state index contributed by atoms with van der Waals surface area (Å²) in [7, 11) is 0. The number of halogens is 2. The minimum atomic E-state index is -0.503. The van der Waals surface area contributed by atoms with E-state index in [-0.39, 0.29) is 39.5 Å². The summed E-state index contributed by atoms with van der Waals surface area (Å²) < 4.78 is 6.70. The predicted molar refractivity (Wildman–Crippen MR) is 127 cm³/mol. The Morgan fingerprint density at radius 1 is 1.21 bits per heavy atom. The highest BCUT2D eigenvalue weighted by Gasteiger charge is 2.32. The number of esters is 1. The van der Waals surface area contributed by atoms with Gasteiger partial charge in [0.2, 0.25) is 11.6 Å². The summed E-state index contributed by atoms with van der Waals surface area (Å²) in [6.07, 6.45) is 3.85. The maximum Gasteiger partial charge on any atom is 0.353 e. The number of hydrogen-bond donors (Lipinski definition) is 1. The Hall–Kier alpha value is -3.44. The number of hydrogen-bond acceptors (Lipinski definition) is 9. The van der Waals surface area contributed by atoms with Crippen molar-refractivity contribution in [2.45, 2.75) is 19.8 Å². The van der Waals surface area contributed by atoms with Gasteiger partial charge in [0.05, 0.1) is 17.4 Å². The molecule has 0 aliphatic carbocycles. The van der Waals surface area contributed by atoms with Crippen LogP contribution in [-0.4, -0.2) is 50.1 Å². The fourth-order valence-corrected chi connectivity index (χ4v) is 4.11. The lowest BCUT2D eigenvalue weighted by atomic mass is 9.97. The van der Waals surface area contributed by atoms with Gasteiger partial charge >= 0.3 is 11.7 Å². The first kappa shape index (κ1) is 23.7. The minimum Gasteiger partial charge on any atom is -0.466 e. The molecule has 0 spiro atoms. The number of nitro groups is 1. The summed E-state index contributed by atoms with van der Waals surface area (Å²) in [5.41, 5.74) is 1.07. The van der Waals surface area contributed by atoms with E-state index in [0.29, 0.717) is 38.2 Å². The van der Waals surface area contributed by atoms with Gasteiger partial charge in [-0.1, -0.05) is 23.2 Å². The lowest BCUT2D eigenvalue weighted by Crippen LogP contribution is -2.37. The first-order valence-corrected chi connectivity index (χ1v) is 11.3. The molecule has 3 heterocycles. The Kier molecular flexibility index (Phi) is 7.13. The summed E-state index contributed by atoms with van der Waals surface area (Å²) in [5, 5.41) is 15.4. The molecular weight excluding hydrogens is 485 g/mol. The van der Waals surface area contributed by atoms with Crippen molar-refractivity contribution in [3.63, 3.8) is 0 Å². The minimum absolute atomic E-state index is 0.0685. The lowest BCUT2D eigenvalue weighted by molar-refractivity contribution is -0.383. The van der Waals surface area contributed by atoms with Crippen molar-refractivity contribution < 1.29 is 14.5 Å². The number of ether oxygens (including phenoxy) is 1. The number of carbonyl (C=O) groups excluding carboxylic acids is 1. The third-order valence-electron chi connectivity index (χ3n) is 5.48. The number of nitrogens with one attached hydrogen (secondary N) is 1. The van der Waals surface area contributed by atoms with Crippen molar-refractivity contribution in [2.24, 2.45) is 5.92 Å². The number of benzene rings is 1. The van der Waals surface area contributed by atoms with Gasteiger partial charge in [-0.25, -0.2) is 15.0 Å². The van der Waals surface area contributed by atoms with Crippen LogP contribution in [0.5, 0.6) is 0 Å². The molecule has 0 atom stereocenters. The molecule has 1 saturated heterocycles. The number of imidazole rings is 1. The Labute approximate surface area is 204 Å². The highest BCUT2D eigenvalue weighted by Crippen LogP contribution is 2.36. The third-order valence-corrected chi connectivity index (χ3v) is 6.21. The van der Waals surface area contributed by atoms with E-state index in [2.05, 4.69) is 20.3 Å². The Morgan fingerprint density at radius 2 is 1.91 bits per heavy atom. The molecule has 0 amide bonds. The van der Waals surface area contributed by atoms with Crippen LogP contribution in [0, 0.1) is 16.0 Å². The first-order valence-electron chi connectivity index (χ1n) is 10.6. The zero-order valence-corrected chi connectivity index (χ0v) is 19.7. The van der Waals surface area contributed by atoms with Crippen molar-refractivity contribution in [1.82, 2.24) is 19.5 Å². The summed E-state index contributed by atoms with van der Waals surface area (Å²) in [6, 6.07) is 6.99. The van der Waals surface area contributed by atoms with Crippen LogP contribution in [-0.2, 0) is 9.53 Å². The normalized spacial score (nSPS) is 14.1. The standard InChI is InChI=1S/C21H21Cl2N7O4/c1-2-34-21(31)13-7-9-28(10-8-13)20-16(30(32)33)19(24-11-25-20)27-14-3-5-15(6-4-14)29-12-26-17(22)18(29)23/h3-6,11-13H,2,7-10H2,1H3,(H,24,25,27). The Morgan fingerprint density at radius 3 is 2.50 bits per heavy atom. The van der Waals surface area contributed by atoms with Crippen LogP contribution in [0.25, 0.3) is 5.69 Å². The van der Waals surface area contributed by atoms with Crippen molar-refractivity contribution in [2.75, 3.05) is 29.9 Å². The summed E-state index contributed by atoms with van der Waals surface area (Å²) in [5.74, 6) is -0.170. The van der Waals surface area contributed by atoms with E-state index in [1.807, 2.05) is 0 Å². The third kappa shape index (κ3) is 4.90. The SMILES string of the molecule is CCOC(=O)C1CCN(c2ncnc(Nc3ccc(-n4cnc(Cl)c4Cl)cc3)c2[N+](=O)[O-])CC1. The fraction of sp³-hybridized carbons (Fsp3) is 0.333.